The summed E-state index contributed by atoms with van der Waals surface area (Å²) in [7, 11) is 1.28. The Morgan fingerprint density at radius 1 is 1.47 bits per heavy atom. The maximum atomic E-state index is 11.0. The molecule has 0 bridgehead atoms. The number of nitriles is 1. The van der Waals surface area contributed by atoms with Crippen molar-refractivity contribution < 1.29 is 9.53 Å². The molecule has 0 unspecified atom stereocenters. The van der Waals surface area contributed by atoms with Crippen molar-refractivity contribution in [1.29, 1.82) is 5.26 Å². The summed E-state index contributed by atoms with van der Waals surface area (Å²) in [5, 5.41) is 9.42. The van der Waals surface area contributed by atoms with Gasteiger partial charge in [-0.05, 0) is 17.7 Å². The molecule has 0 aliphatic heterocycles. The van der Waals surface area contributed by atoms with Crippen LogP contribution in [-0.2, 0) is 16.0 Å². The van der Waals surface area contributed by atoms with Crippen molar-refractivity contribution in [2.24, 2.45) is 0 Å². The quantitative estimate of drug-likeness (QED) is 0.751. The number of carbonyl (C=O) groups excluding carboxylic acids is 1. The van der Waals surface area contributed by atoms with Crippen LogP contribution in [0.5, 0.6) is 0 Å². The summed E-state index contributed by atoms with van der Waals surface area (Å²) in [5.41, 5.74) is 0.841. The van der Waals surface area contributed by atoms with Gasteiger partial charge in [0.25, 0.3) is 0 Å². The van der Waals surface area contributed by atoms with Crippen LogP contribution in [0.4, 0.5) is 0 Å². The van der Waals surface area contributed by atoms with Gasteiger partial charge in [-0.2, -0.15) is 5.26 Å². The molecular weight excluding hydrogens is 237 g/mol. The zero-order valence-electron chi connectivity index (χ0n) is 7.88. The van der Waals surface area contributed by atoms with E-state index in [1.807, 2.05) is 6.07 Å². The average Bonchev–Trinajstić information content (AvgIpc) is 2.22. The van der Waals surface area contributed by atoms with E-state index in [4.69, 9.17) is 28.5 Å². The minimum atomic E-state index is -0.426. The molecule has 0 heterocycles. The average molecular weight is 244 g/mol. The van der Waals surface area contributed by atoms with Gasteiger partial charge in [0.1, 0.15) is 0 Å². The molecule has 0 saturated heterocycles. The maximum absolute atomic E-state index is 11.0. The van der Waals surface area contributed by atoms with E-state index in [1.165, 1.54) is 19.2 Å². The van der Waals surface area contributed by atoms with Crippen LogP contribution in [0, 0.1) is 11.3 Å². The van der Waals surface area contributed by atoms with Gasteiger partial charge in [-0.3, -0.25) is 4.79 Å². The monoisotopic (exact) mass is 243 g/mol. The maximum Gasteiger partial charge on any atom is 0.310 e. The highest BCUT2D eigenvalue weighted by molar-refractivity contribution is 6.42. The zero-order chi connectivity index (χ0) is 11.4. The van der Waals surface area contributed by atoms with Gasteiger partial charge < -0.3 is 4.74 Å². The van der Waals surface area contributed by atoms with Gasteiger partial charge in [0.15, 0.2) is 0 Å². The number of rotatable bonds is 2. The molecule has 0 radical (unpaired) electrons. The second-order valence-electron chi connectivity index (χ2n) is 2.79. The normalized spacial score (nSPS) is 9.47. The third-order valence-electron chi connectivity index (χ3n) is 1.83. The van der Waals surface area contributed by atoms with E-state index in [0.717, 1.165) is 0 Å². The lowest BCUT2D eigenvalue weighted by Gasteiger charge is -2.04. The van der Waals surface area contributed by atoms with Crippen LogP contribution < -0.4 is 0 Å². The summed E-state index contributed by atoms with van der Waals surface area (Å²) in [6, 6.07) is 4.87. The van der Waals surface area contributed by atoms with Crippen molar-refractivity contribution in [2.75, 3.05) is 7.11 Å². The molecule has 3 nitrogen and oxygen atoms in total. The number of carbonyl (C=O) groups is 1. The fourth-order valence-electron chi connectivity index (χ4n) is 1.07. The highest BCUT2D eigenvalue weighted by atomic mass is 35.5. The Bertz CT molecular complexity index is 438. The van der Waals surface area contributed by atoms with Crippen LogP contribution in [0.1, 0.15) is 11.1 Å². The molecule has 0 aliphatic carbocycles. The van der Waals surface area contributed by atoms with E-state index in [9.17, 15) is 4.79 Å². The van der Waals surface area contributed by atoms with Gasteiger partial charge in [-0.25, -0.2) is 0 Å². The van der Waals surface area contributed by atoms with Gasteiger partial charge in [0.2, 0.25) is 0 Å². The van der Waals surface area contributed by atoms with Crippen molar-refractivity contribution in [3.63, 3.8) is 0 Å². The van der Waals surface area contributed by atoms with Crippen molar-refractivity contribution in [1.82, 2.24) is 0 Å². The molecule has 5 heteroatoms. The standard InChI is InChI=1S/C10H7Cl2NO2/c1-15-10(14)4-6-2-8(11)9(12)3-7(6)5-13/h2-3H,4H2,1H3. The first-order valence-electron chi connectivity index (χ1n) is 4.03. The number of hydrogen-bond donors (Lipinski definition) is 0. The fraction of sp³-hybridized carbons (Fsp3) is 0.200. The van der Waals surface area contributed by atoms with Crippen LogP contribution in [0.3, 0.4) is 0 Å². The lowest BCUT2D eigenvalue weighted by Crippen LogP contribution is -2.06. The van der Waals surface area contributed by atoms with Crippen LogP contribution >= 0.6 is 23.2 Å². The molecule has 0 aromatic heterocycles. The SMILES string of the molecule is COC(=O)Cc1cc(Cl)c(Cl)cc1C#N. The van der Waals surface area contributed by atoms with E-state index >= 15 is 0 Å². The third kappa shape index (κ3) is 2.85. The van der Waals surface area contributed by atoms with E-state index in [2.05, 4.69) is 4.74 Å². The molecule has 0 aliphatic rings. The van der Waals surface area contributed by atoms with Crippen molar-refractivity contribution in [3.8, 4) is 6.07 Å². The molecular formula is C10H7Cl2NO2. The van der Waals surface area contributed by atoms with Gasteiger partial charge >= 0.3 is 5.97 Å². The second-order valence-corrected chi connectivity index (χ2v) is 3.60. The van der Waals surface area contributed by atoms with E-state index in [-0.39, 0.29) is 6.42 Å². The predicted molar refractivity (Wildman–Crippen MR) is 56.9 cm³/mol. The fourth-order valence-corrected chi connectivity index (χ4v) is 1.42. The summed E-state index contributed by atoms with van der Waals surface area (Å²) in [4.78, 5) is 11.0. The number of esters is 1. The molecule has 0 amide bonds. The van der Waals surface area contributed by atoms with E-state index < -0.39 is 5.97 Å². The first kappa shape index (κ1) is 11.8. The molecule has 1 aromatic rings. The number of hydrogen-bond acceptors (Lipinski definition) is 3. The molecule has 78 valence electrons. The van der Waals surface area contributed by atoms with E-state index in [1.54, 1.807) is 0 Å². The summed E-state index contributed by atoms with van der Waals surface area (Å²) in [6.45, 7) is 0. The van der Waals surface area contributed by atoms with Crippen LogP contribution in [0.2, 0.25) is 10.0 Å². The molecule has 1 rings (SSSR count). The van der Waals surface area contributed by atoms with Crippen molar-refractivity contribution in [2.45, 2.75) is 6.42 Å². The Labute approximate surface area is 97.2 Å². The highest BCUT2D eigenvalue weighted by Gasteiger charge is 2.11. The number of halogens is 2. The zero-order valence-corrected chi connectivity index (χ0v) is 9.39. The Morgan fingerprint density at radius 3 is 2.60 bits per heavy atom. The van der Waals surface area contributed by atoms with Crippen LogP contribution in [-0.4, -0.2) is 13.1 Å². The first-order valence-corrected chi connectivity index (χ1v) is 4.79. The Balaban J connectivity index is 3.12. The molecule has 0 atom stereocenters. The molecule has 0 N–H and O–H groups in total. The summed E-state index contributed by atoms with van der Waals surface area (Å²) in [6.07, 6.45) is 0.0102. The Kier molecular flexibility index (Phi) is 3.96. The molecule has 1 aromatic carbocycles. The molecule has 0 saturated carbocycles. The molecule has 0 spiro atoms. The van der Waals surface area contributed by atoms with E-state index in [0.29, 0.717) is 21.2 Å². The summed E-state index contributed by atoms with van der Waals surface area (Å²) >= 11 is 11.5. The predicted octanol–water partition coefficient (Wildman–Crippen LogP) is 2.58. The topological polar surface area (TPSA) is 50.1 Å². The second kappa shape index (κ2) is 5.01. The number of nitrogens with zero attached hydrogens (tertiary/aromatic N) is 1. The smallest absolute Gasteiger partial charge is 0.310 e. The lowest BCUT2D eigenvalue weighted by atomic mass is 10.1. The van der Waals surface area contributed by atoms with Gasteiger partial charge in [-0.1, -0.05) is 23.2 Å². The lowest BCUT2D eigenvalue weighted by molar-refractivity contribution is -0.139. The summed E-state index contributed by atoms with van der Waals surface area (Å²) in [5.74, 6) is -0.426. The van der Waals surface area contributed by atoms with Crippen molar-refractivity contribution >= 4 is 29.2 Å². The number of benzene rings is 1. The first-order chi connectivity index (χ1) is 7.08. The van der Waals surface area contributed by atoms with Gasteiger partial charge in [0, 0.05) is 0 Å². The Hall–Kier alpha value is -1.24. The number of methoxy groups -OCH3 is 1. The van der Waals surface area contributed by atoms with Crippen LogP contribution in [0.25, 0.3) is 0 Å². The van der Waals surface area contributed by atoms with Crippen molar-refractivity contribution in [3.05, 3.63) is 33.3 Å². The molecule has 15 heavy (non-hydrogen) atoms. The minimum absolute atomic E-state index is 0.0102. The Morgan fingerprint density at radius 2 is 2.07 bits per heavy atom. The molecule has 0 fully saturated rings. The highest BCUT2D eigenvalue weighted by Crippen LogP contribution is 2.26. The minimum Gasteiger partial charge on any atom is -0.469 e. The van der Waals surface area contributed by atoms with Crippen LogP contribution in [0.15, 0.2) is 12.1 Å². The number of ether oxygens (including phenoxy) is 1. The van der Waals surface area contributed by atoms with Gasteiger partial charge in [0.05, 0.1) is 35.2 Å². The largest absolute Gasteiger partial charge is 0.469 e. The van der Waals surface area contributed by atoms with Gasteiger partial charge in [-0.15, -0.1) is 0 Å². The third-order valence-corrected chi connectivity index (χ3v) is 2.55. The summed E-state index contributed by atoms with van der Waals surface area (Å²) < 4.78 is 4.50.